The van der Waals surface area contributed by atoms with Crippen LogP contribution in [-0.4, -0.2) is 47.0 Å². The Bertz CT molecular complexity index is 1370. The smallest absolute Gasteiger partial charge is 0.295 e. The molecule has 0 radical (unpaired) electrons. The number of ketones is 1. The number of carbonyl (C=O) groups is 2. The maximum Gasteiger partial charge on any atom is 0.295 e. The first kappa shape index (κ1) is 23.4. The lowest BCUT2D eigenvalue weighted by Crippen LogP contribution is -2.29. The fraction of sp³-hybridized carbons (Fsp3) is 0.250. The fourth-order valence-corrected chi connectivity index (χ4v) is 4.82. The summed E-state index contributed by atoms with van der Waals surface area (Å²) >= 11 is 0. The molecule has 2 aliphatic heterocycles. The molecule has 0 spiro atoms. The van der Waals surface area contributed by atoms with Crippen molar-refractivity contribution in [2.75, 3.05) is 14.2 Å². The van der Waals surface area contributed by atoms with Crippen LogP contribution < -0.4 is 14.2 Å². The Morgan fingerprint density at radius 1 is 1.14 bits per heavy atom. The molecule has 2 aromatic carbocycles. The van der Waals surface area contributed by atoms with E-state index in [0.717, 1.165) is 16.9 Å². The Balaban J connectivity index is 1.67. The Kier molecular flexibility index (Phi) is 6.10. The molecule has 1 fully saturated rings. The lowest BCUT2D eigenvalue weighted by atomic mass is 9.93. The first-order chi connectivity index (χ1) is 17.4. The second-order valence-corrected chi connectivity index (χ2v) is 8.85. The molecule has 0 saturated carbocycles. The third kappa shape index (κ3) is 4.04. The van der Waals surface area contributed by atoms with Gasteiger partial charge >= 0.3 is 0 Å². The van der Waals surface area contributed by atoms with Crippen molar-refractivity contribution in [2.45, 2.75) is 32.0 Å². The normalized spacial score (nSPS) is 20.2. The summed E-state index contributed by atoms with van der Waals surface area (Å²) < 4.78 is 16.7. The molecule has 5 rings (SSSR count). The van der Waals surface area contributed by atoms with E-state index in [9.17, 15) is 14.7 Å². The van der Waals surface area contributed by atoms with Crippen molar-refractivity contribution >= 4 is 17.4 Å². The number of methoxy groups -OCH3 is 2. The summed E-state index contributed by atoms with van der Waals surface area (Å²) in [6.07, 6.45) is 4.01. The van der Waals surface area contributed by atoms with Crippen molar-refractivity contribution in [3.8, 4) is 17.2 Å². The highest BCUT2D eigenvalue weighted by molar-refractivity contribution is 6.46. The molecule has 8 heteroatoms. The first-order valence-corrected chi connectivity index (χ1v) is 11.6. The molecule has 2 aliphatic rings. The van der Waals surface area contributed by atoms with Gasteiger partial charge in [-0.3, -0.25) is 14.6 Å². The van der Waals surface area contributed by atoms with Gasteiger partial charge in [-0.2, -0.15) is 0 Å². The number of rotatable bonds is 6. The number of Topliss-reactive ketones (excluding diaryl/α,β-unsaturated/α-hetero) is 1. The van der Waals surface area contributed by atoms with Gasteiger partial charge in [0.15, 0.2) is 0 Å². The number of aliphatic hydroxyl groups excluding tert-OH is 1. The maximum absolute atomic E-state index is 13.4. The lowest BCUT2D eigenvalue weighted by Gasteiger charge is -2.27. The average Bonchev–Trinajstić information content (AvgIpc) is 3.39. The summed E-state index contributed by atoms with van der Waals surface area (Å²) in [5, 5.41) is 11.4. The molecule has 36 heavy (non-hydrogen) atoms. The molecule has 2 atom stereocenters. The van der Waals surface area contributed by atoms with Crippen molar-refractivity contribution in [1.29, 1.82) is 0 Å². The number of aliphatic hydroxyl groups is 1. The van der Waals surface area contributed by atoms with Gasteiger partial charge in [-0.15, -0.1) is 0 Å². The van der Waals surface area contributed by atoms with Gasteiger partial charge in [0.1, 0.15) is 29.1 Å². The van der Waals surface area contributed by atoms with Gasteiger partial charge < -0.3 is 24.2 Å². The topological polar surface area (TPSA) is 98.2 Å². The zero-order valence-electron chi connectivity index (χ0n) is 20.2. The van der Waals surface area contributed by atoms with Crippen LogP contribution in [0.5, 0.6) is 17.2 Å². The van der Waals surface area contributed by atoms with Crippen LogP contribution in [0.1, 0.15) is 35.2 Å². The number of aromatic nitrogens is 1. The zero-order chi connectivity index (χ0) is 25.4. The Hall–Kier alpha value is -4.33. The van der Waals surface area contributed by atoms with Crippen LogP contribution in [0.4, 0.5) is 0 Å². The van der Waals surface area contributed by atoms with E-state index in [4.69, 9.17) is 14.2 Å². The van der Waals surface area contributed by atoms with Crippen LogP contribution in [0.15, 0.2) is 66.5 Å². The second kappa shape index (κ2) is 9.37. The molecule has 0 bridgehead atoms. The van der Waals surface area contributed by atoms with Gasteiger partial charge in [0.05, 0.1) is 25.8 Å². The number of hydrogen-bond acceptors (Lipinski definition) is 7. The molecule has 1 aromatic heterocycles. The number of pyridine rings is 1. The van der Waals surface area contributed by atoms with Crippen LogP contribution in [0.2, 0.25) is 0 Å². The highest BCUT2D eigenvalue weighted by atomic mass is 16.5. The third-order valence-corrected chi connectivity index (χ3v) is 6.52. The lowest BCUT2D eigenvalue weighted by molar-refractivity contribution is -0.140. The number of likely N-dealkylation sites (tertiary alicyclic amines) is 1. The molecule has 3 aromatic rings. The summed E-state index contributed by atoms with van der Waals surface area (Å²) in [4.78, 5) is 32.3. The van der Waals surface area contributed by atoms with Gasteiger partial charge in [0, 0.05) is 42.6 Å². The third-order valence-electron chi connectivity index (χ3n) is 6.52. The fourth-order valence-electron chi connectivity index (χ4n) is 4.82. The van der Waals surface area contributed by atoms with E-state index in [2.05, 4.69) is 4.98 Å². The number of amides is 1. The Morgan fingerprint density at radius 3 is 2.69 bits per heavy atom. The number of benzene rings is 2. The van der Waals surface area contributed by atoms with E-state index in [1.165, 1.54) is 12.0 Å². The van der Waals surface area contributed by atoms with Crippen LogP contribution >= 0.6 is 0 Å². The van der Waals surface area contributed by atoms with Gasteiger partial charge in [-0.05, 0) is 54.4 Å². The predicted molar refractivity (Wildman–Crippen MR) is 132 cm³/mol. The van der Waals surface area contributed by atoms with Crippen molar-refractivity contribution in [1.82, 2.24) is 9.88 Å². The number of carbonyl (C=O) groups excluding carboxylic acids is 2. The minimum Gasteiger partial charge on any atom is -0.507 e. The minimum absolute atomic E-state index is 0.000675. The predicted octanol–water partition coefficient (Wildman–Crippen LogP) is 4.04. The van der Waals surface area contributed by atoms with Crippen molar-refractivity contribution in [3.05, 3.63) is 88.8 Å². The standard InChI is InChI=1S/C28H26N2O6/c1-16-11-19-12-18(6-9-22(19)36-16)26(31)24-25(21-8-7-20(34-2)13-23(21)35-3)30(28(33)27(24)32)15-17-5-4-10-29-14-17/h4-10,12-14,16,25,31H,11,15H2,1-3H3/t16-,25+/m1/s1. The van der Waals surface area contributed by atoms with E-state index in [1.807, 2.05) is 19.1 Å². The van der Waals surface area contributed by atoms with Crippen LogP contribution in [0, 0.1) is 0 Å². The van der Waals surface area contributed by atoms with Crippen LogP contribution in [0.3, 0.4) is 0 Å². The van der Waals surface area contributed by atoms with Crippen LogP contribution in [-0.2, 0) is 22.6 Å². The molecule has 8 nitrogen and oxygen atoms in total. The molecule has 184 valence electrons. The van der Waals surface area contributed by atoms with E-state index >= 15 is 0 Å². The molecule has 0 unspecified atom stereocenters. The second-order valence-electron chi connectivity index (χ2n) is 8.85. The van der Waals surface area contributed by atoms with E-state index in [1.54, 1.807) is 55.9 Å². The highest BCUT2D eigenvalue weighted by Crippen LogP contribution is 2.44. The Morgan fingerprint density at radius 2 is 1.97 bits per heavy atom. The average molecular weight is 487 g/mol. The van der Waals surface area contributed by atoms with Crippen molar-refractivity contribution in [2.24, 2.45) is 0 Å². The van der Waals surface area contributed by atoms with Gasteiger partial charge in [-0.25, -0.2) is 0 Å². The monoisotopic (exact) mass is 486 g/mol. The van der Waals surface area contributed by atoms with Gasteiger partial charge in [0.2, 0.25) is 0 Å². The molecule has 0 aliphatic carbocycles. The molecule has 1 amide bonds. The summed E-state index contributed by atoms with van der Waals surface area (Å²) in [5.41, 5.74) is 2.69. The summed E-state index contributed by atoms with van der Waals surface area (Å²) in [7, 11) is 3.05. The van der Waals surface area contributed by atoms with Gasteiger partial charge in [-0.1, -0.05) is 6.07 Å². The Labute approximate surface area is 208 Å². The molecule has 1 saturated heterocycles. The van der Waals surface area contributed by atoms with E-state index < -0.39 is 17.7 Å². The van der Waals surface area contributed by atoms with Crippen molar-refractivity contribution in [3.63, 3.8) is 0 Å². The molecular weight excluding hydrogens is 460 g/mol. The number of ether oxygens (including phenoxy) is 3. The molecule has 1 N–H and O–H groups in total. The highest BCUT2D eigenvalue weighted by Gasteiger charge is 2.47. The first-order valence-electron chi connectivity index (χ1n) is 11.6. The largest absolute Gasteiger partial charge is 0.507 e. The number of fused-ring (bicyclic) bond motifs is 1. The minimum atomic E-state index is -0.880. The van der Waals surface area contributed by atoms with Gasteiger partial charge in [0.25, 0.3) is 11.7 Å². The quantitative estimate of drug-likeness (QED) is 0.319. The number of nitrogens with zero attached hydrogens (tertiary/aromatic N) is 2. The molecular formula is C28H26N2O6. The SMILES string of the molecule is COc1ccc([C@H]2C(=C(O)c3ccc4c(c3)C[C@@H](C)O4)C(=O)C(=O)N2Cc2cccnc2)c(OC)c1. The van der Waals surface area contributed by atoms with Crippen molar-refractivity contribution < 1.29 is 28.9 Å². The summed E-state index contributed by atoms with van der Waals surface area (Å²) in [6.45, 7) is 2.10. The summed E-state index contributed by atoms with van der Waals surface area (Å²) in [6, 6.07) is 13.2. The molecule has 3 heterocycles. The number of hydrogen-bond donors (Lipinski definition) is 1. The maximum atomic E-state index is 13.4. The van der Waals surface area contributed by atoms with E-state index in [0.29, 0.717) is 29.0 Å². The zero-order valence-corrected chi connectivity index (χ0v) is 20.2. The van der Waals surface area contributed by atoms with E-state index in [-0.39, 0.29) is 24.0 Å². The van der Waals surface area contributed by atoms with Crippen LogP contribution in [0.25, 0.3) is 5.76 Å². The summed E-state index contributed by atoms with van der Waals surface area (Å²) in [5.74, 6) is 0.0366.